The van der Waals surface area contributed by atoms with E-state index in [0.717, 1.165) is 86.4 Å². The van der Waals surface area contributed by atoms with E-state index in [1.54, 1.807) is 0 Å². The Bertz CT molecular complexity index is 2300. The molecule has 0 atom stereocenters. The van der Waals surface area contributed by atoms with Crippen molar-refractivity contribution in [2.24, 2.45) is 5.73 Å². The van der Waals surface area contributed by atoms with Crippen molar-refractivity contribution in [3.8, 4) is 28.3 Å². The number of hydrogen-bond acceptors (Lipinski definition) is 6. The number of aromatic nitrogens is 4. The fourth-order valence-electron chi connectivity index (χ4n) is 8.57. The van der Waals surface area contributed by atoms with Gasteiger partial charge in [-0.3, -0.25) is 9.80 Å². The van der Waals surface area contributed by atoms with Gasteiger partial charge >= 0.3 is 33.2 Å². The molecule has 61 heavy (non-hydrogen) atoms. The van der Waals surface area contributed by atoms with E-state index in [1.165, 1.54) is 77.9 Å². The van der Waals surface area contributed by atoms with E-state index >= 15 is 0 Å². The van der Waals surface area contributed by atoms with Crippen LogP contribution in [-0.4, -0.2) is 100 Å². The van der Waals surface area contributed by atoms with Crippen molar-refractivity contribution in [2.75, 3.05) is 26.2 Å². The van der Waals surface area contributed by atoms with Crippen molar-refractivity contribution in [1.82, 2.24) is 28.9 Å². The van der Waals surface area contributed by atoms with Crippen molar-refractivity contribution in [2.45, 2.75) is 83.1 Å². The Hall–Kier alpha value is -3.96. The molecule has 2 aromatic heterocycles. The Kier molecular flexibility index (Phi) is 21.5. The Labute approximate surface area is 371 Å². The fraction of sp³-hybridized carbons (Fsp3) is 0.386. The van der Waals surface area contributed by atoms with Crippen LogP contribution in [0.5, 0.6) is 0 Å². The van der Waals surface area contributed by atoms with E-state index in [2.05, 4.69) is 85.7 Å². The molecule has 2 fully saturated rings. The van der Waals surface area contributed by atoms with Crippen LogP contribution < -0.4 is 5.73 Å². The first-order chi connectivity index (χ1) is 27.0. The normalized spacial score (nSPS) is 16.0. The molecule has 0 saturated heterocycles. The van der Waals surface area contributed by atoms with E-state index in [4.69, 9.17) is 41.3 Å². The van der Waals surface area contributed by atoms with E-state index < -0.39 is 0 Å². The fourth-order valence-corrected chi connectivity index (χ4v) is 8.57. The monoisotopic (exact) mass is 925 g/mol. The summed E-state index contributed by atoms with van der Waals surface area (Å²) in [5.74, 6) is 2.47. The molecule has 2 saturated carbocycles. The molecule has 0 bridgehead atoms. The summed E-state index contributed by atoms with van der Waals surface area (Å²) >= 11 is 0.382. The molecule has 0 radical (unpaired) electrons. The number of imidazole rings is 2. The number of nitrogens with two attached hydrogens (primary N) is 1. The van der Waals surface area contributed by atoms with E-state index in [1.807, 2.05) is 24.3 Å². The van der Waals surface area contributed by atoms with Crippen LogP contribution in [0.2, 0.25) is 0 Å². The van der Waals surface area contributed by atoms with Crippen molar-refractivity contribution >= 4 is 42.4 Å². The first-order valence-electron chi connectivity index (χ1n) is 19.6. The van der Waals surface area contributed by atoms with Gasteiger partial charge in [0.2, 0.25) is 0 Å². The maximum absolute atomic E-state index is 8.96. The van der Waals surface area contributed by atoms with Crippen LogP contribution in [0.3, 0.4) is 0 Å². The molecule has 4 aliphatic rings. The van der Waals surface area contributed by atoms with Gasteiger partial charge in [0.25, 0.3) is 0 Å². The van der Waals surface area contributed by atoms with Crippen LogP contribution in [0.1, 0.15) is 61.3 Å². The molecule has 17 heteroatoms. The second-order valence-electron chi connectivity index (χ2n) is 15.1. The average Bonchev–Trinajstić information content (AvgIpc) is 3.55. The summed E-state index contributed by atoms with van der Waals surface area (Å²) in [4.78, 5) is 15.3. The Morgan fingerprint density at radius 3 is 1.33 bits per heavy atom. The Morgan fingerprint density at radius 2 is 0.967 bits per heavy atom. The molecule has 4 aromatic carbocycles. The zero-order valence-electron chi connectivity index (χ0n) is 34.1. The molecule has 14 N–H and O–H groups in total. The molecule has 10 rings (SSSR count). The molecule has 14 nitrogen and oxygen atoms in total. The SMILES string of the molecule is N#Cc1ccc(-c2ccc3c(c2)nc2n3CCN(C3CCC3)CC2)cc1.NCc1ccc(-c2ccc3c(c2)nc2n3CCN(C3CCC3)CC2)cc1.O.O.O.O.O.O.[Cl][Co][Cl]. The van der Waals surface area contributed by atoms with Gasteiger partial charge in [-0.05, 0) is 89.9 Å². The number of fused-ring (bicyclic) bond motifs is 6. The molecule has 0 amide bonds. The van der Waals surface area contributed by atoms with Gasteiger partial charge in [-0.2, -0.15) is 5.26 Å². The van der Waals surface area contributed by atoms with Crippen LogP contribution in [0.15, 0.2) is 84.9 Å². The number of nitriles is 1. The molecule has 2 aliphatic heterocycles. The molecule has 6 aromatic rings. The predicted octanol–water partition coefficient (Wildman–Crippen LogP) is 3.99. The number of rotatable bonds is 5. The molecule has 2 aliphatic carbocycles. The third-order valence-electron chi connectivity index (χ3n) is 12.2. The minimum atomic E-state index is 0. The van der Waals surface area contributed by atoms with Gasteiger partial charge in [0.05, 0.1) is 33.7 Å². The van der Waals surface area contributed by atoms with Crippen LogP contribution >= 0.6 is 20.3 Å². The summed E-state index contributed by atoms with van der Waals surface area (Å²) in [6.07, 6.45) is 10.4. The first kappa shape index (κ1) is 53.2. The zero-order valence-corrected chi connectivity index (χ0v) is 36.7. The molecule has 4 heterocycles. The van der Waals surface area contributed by atoms with E-state index in [0.29, 0.717) is 25.0 Å². The summed E-state index contributed by atoms with van der Waals surface area (Å²) < 4.78 is 4.85. The van der Waals surface area contributed by atoms with Gasteiger partial charge in [0, 0.05) is 70.7 Å². The minimum absolute atomic E-state index is 0. The summed E-state index contributed by atoms with van der Waals surface area (Å²) in [6, 6.07) is 33.4. The first-order valence-corrected chi connectivity index (χ1v) is 22.5. The summed E-state index contributed by atoms with van der Waals surface area (Å²) in [5, 5.41) is 8.96. The third kappa shape index (κ3) is 11.7. The van der Waals surface area contributed by atoms with Gasteiger partial charge in [0.15, 0.2) is 0 Å². The predicted molar refractivity (Wildman–Crippen MR) is 242 cm³/mol. The van der Waals surface area contributed by atoms with Crippen molar-refractivity contribution in [3.05, 3.63) is 108 Å². The molecular formula is C44H60Cl2CoN8O6. The van der Waals surface area contributed by atoms with Crippen molar-refractivity contribution in [3.63, 3.8) is 0 Å². The van der Waals surface area contributed by atoms with Gasteiger partial charge in [-0.25, -0.2) is 9.97 Å². The summed E-state index contributed by atoms with van der Waals surface area (Å²) in [5.41, 5.74) is 17.0. The van der Waals surface area contributed by atoms with Crippen molar-refractivity contribution in [1.29, 1.82) is 5.26 Å². The number of halogens is 2. The van der Waals surface area contributed by atoms with E-state index in [9.17, 15) is 0 Å². The molecule has 0 unspecified atom stereocenters. The van der Waals surface area contributed by atoms with Crippen LogP contribution in [0.25, 0.3) is 44.3 Å². The molecule has 335 valence electrons. The van der Waals surface area contributed by atoms with Gasteiger partial charge < -0.3 is 47.7 Å². The molecule has 0 spiro atoms. The average molecular weight is 927 g/mol. The third-order valence-corrected chi connectivity index (χ3v) is 12.2. The van der Waals surface area contributed by atoms with Crippen LogP contribution in [-0.2, 0) is 45.4 Å². The van der Waals surface area contributed by atoms with Gasteiger partial charge in [0.1, 0.15) is 11.6 Å². The summed E-state index contributed by atoms with van der Waals surface area (Å²) in [7, 11) is 9.47. The Balaban J connectivity index is 0.000000361. The maximum atomic E-state index is 8.96. The quantitative estimate of drug-likeness (QED) is 0.267. The molecular weight excluding hydrogens is 866 g/mol. The second-order valence-corrected chi connectivity index (χ2v) is 16.9. The zero-order chi connectivity index (χ0) is 37.7. The number of hydrogen-bond donors (Lipinski definition) is 1. The van der Waals surface area contributed by atoms with E-state index in [-0.39, 0.29) is 32.9 Å². The van der Waals surface area contributed by atoms with Crippen LogP contribution in [0.4, 0.5) is 0 Å². The number of nitrogens with zero attached hydrogens (tertiary/aromatic N) is 7. The standard InChI is InChI=1S/C22H26N4.C22H22N4.2ClH.Co.6H2O/c2*23-15-16-4-6-17(7-5-16)18-8-9-21-20(14-18)24-22-10-11-25(12-13-26(21)22)19-2-1-3-19;;;;;;;;;/h4-9,14,19H,1-3,10-13,15,23H2;4-9,14,19H,1-3,10-13H2;2*1H;;6*1H2/q;;;;+2;;;;;;/p-2. The van der Waals surface area contributed by atoms with Crippen LogP contribution in [0, 0.1) is 11.3 Å². The number of benzene rings is 4. The Morgan fingerprint density at radius 1 is 0.574 bits per heavy atom. The summed E-state index contributed by atoms with van der Waals surface area (Å²) in [6.45, 7) is 7.28. The van der Waals surface area contributed by atoms with Crippen molar-refractivity contribution < 1.29 is 45.7 Å². The second kappa shape index (κ2) is 24.6. The topological polar surface area (TPSA) is 281 Å². The van der Waals surface area contributed by atoms with Gasteiger partial charge in [-0.1, -0.05) is 61.4 Å². The van der Waals surface area contributed by atoms with Gasteiger partial charge in [-0.15, -0.1) is 0 Å².